The highest BCUT2D eigenvalue weighted by molar-refractivity contribution is 9.10. The van der Waals surface area contributed by atoms with Crippen LogP contribution in [-0.2, 0) is 0 Å². The molecule has 104 valence electrons. The van der Waals surface area contributed by atoms with Gasteiger partial charge in [0.2, 0.25) is 0 Å². The number of carbonyl (C=O) groups is 1. The molecule has 0 N–H and O–H groups in total. The van der Waals surface area contributed by atoms with Crippen LogP contribution in [0.4, 0.5) is 4.39 Å². The maximum Gasteiger partial charge on any atom is 0.196 e. The lowest BCUT2D eigenvalue weighted by Crippen LogP contribution is -2.05. The van der Waals surface area contributed by atoms with Crippen LogP contribution in [0.5, 0.6) is 5.75 Å². The Balaban J connectivity index is 2.52. The van der Waals surface area contributed by atoms with E-state index in [4.69, 9.17) is 16.3 Å². The minimum Gasteiger partial charge on any atom is -0.496 e. The number of aryl methyl sites for hydroxylation is 1. The van der Waals surface area contributed by atoms with Crippen molar-refractivity contribution < 1.29 is 13.9 Å². The second-order valence-electron chi connectivity index (χ2n) is 4.26. The third-order valence-electron chi connectivity index (χ3n) is 2.91. The summed E-state index contributed by atoms with van der Waals surface area (Å²) in [6, 6.07) is 7.34. The summed E-state index contributed by atoms with van der Waals surface area (Å²) >= 11 is 9.09. The number of methoxy groups -OCH3 is 1. The molecule has 0 aromatic heterocycles. The number of benzene rings is 2. The Kier molecular flexibility index (Phi) is 4.45. The molecule has 0 fully saturated rings. The molecule has 0 amide bonds. The predicted octanol–water partition coefficient (Wildman–Crippen LogP) is 4.79. The first-order valence-corrected chi connectivity index (χ1v) is 6.95. The summed E-state index contributed by atoms with van der Waals surface area (Å²) in [5.41, 5.74) is 1.66. The quantitative estimate of drug-likeness (QED) is 0.738. The van der Waals surface area contributed by atoms with Crippen LogP contribution in [-0.4, -0.2) is 12.9 Å². The molecule has 2 rings (SSSR count). The van der Waals surface area contributed by atoms with Crippen LogP contribution in [0.15, 0.2) is 34.8 Å². The summed E-state index contributed by atoms with van der Waals surface area (Å²) in [6.07, 6.45) is 0. The van der Waals surface area contributed by atoms with Crippen molar-refractivity contribution in [2.24, 2.45) is 0 Å². The van der Waals surface area contributed by atoms with E-state index in [2.05, 4.69) is 15.9 Å². The molecular weight excluding hydrogens is 347 g/mol. The van der Waals surface area contributed by atoms with Gasteiger partial charge in [0, 0.05) is 10.0 Å². The van der Waals surface area contributed by atoms with Gasteiger partial charge in [-0.2, -0.15) is 0 Å². The van der Waals surface area contributed by atoms with E-state index in [1.165, 1.54) is 25.3 Å². The van der Waals surface area contributed by atoms with Gasteiger partial charge in [-0.05, 0) is 42.8 Å². The van der Waals surface area contributed by atoms with Crippen molar-refractivity contribution in [3.63, 3.8) is 0 Å². The maximum absolute atomic E-state index is 13.2. The first-order valence-electron chi connectivity index (χ1n) is 5.78. The highest BCUT2D eigenvalue weighted by Crippen LogP contribution is 2.29. The standard InChI is InChI=1S/C15H11BrClFO2/c1-8-5-14(20-2)10(7-11(8)16)15(19)9-3-4-13(18)12(17)6-9/h3-7H,1-2H3. The van der Waals surface area contributed by atoms with Gasteiger partial charge in [-0.1, -0.05) is 27.5 Å². The molecule has 0 radical (unpaired) electrons. The van der Waals surface area contributed by atoms with E-state index >= 15 is 0 Å². The Labute approximate surface area is 129 Å². The topological polar surface area (TPSA) is 26.3 Å². The third kappa shape index (κ3) is 2.86. The number of hydrogen-bond acceptors (Lipinski definition) is 2. The maximum atomic E-state index is 13.2. The van der Waals surface area contributed by atoms with E-state index in [-0.39, 0.29) is 10.8 Å². The van der Waals surface area contributed by atoms with E-state index < -0.39 is 5.82 Å². The Hall–Kier alpha value is -1.39. The molecule has 0 bridgehead atoms. The Bertz CT molecular complexity index is 686. The van der Waals surface area contributed by atoms with E-state index in [0.29, 0.717) is 16.9 Å². The molecule has 0 unspecified atom stereocenters. The number of hydrogen-bond donors (Lipinski definition) is 0. The molecule has 0 atom stereocenters. The Morgan fingerprint density at radius 2 is 2.00 bits per heavy atom. The highest BCUT2D eigenvalue weighted by atomic mass is 79.9. The summed E-state index contributed by atoms with van der Waals surface area (Å²) in [5.74, 6) is -0.360. The number of rotatable bonds is 3. The molecule has 2 nitrogen and oxygen atoms in total. The largest absolute Gasteiger partial charge is 0.496 e. The second-order valence-corrected chi connectivity index (χ2v) is 5.52. The molecule has 0 aliphatic rings. The van der Waals surface area contributed by atoms with Gasteiger partial charge in [-0.15, -0.1) is 0 Å². The summed E-state index contributed by atoms with van der Waals surface area (Å²) in [6.45, 7) is 1.90. The van der Waals surface area contributed by atoms with Crippen LogP contribution in [0.2, 0.25) is 5.02 Å². The van der Waals surface area contributed by atoms with E-state index in [1.807, 2.05) is 6.92 Å². The smallest absolute Gasteiger partial charge is 0.196 e. The van der Waals surface area contributed by atoms with Crippen molar-refractivity contribution in [3.8, 4) is 5.75 Å². The molecule has 2 aromatic rings. The van der Waals surface area contributed by atoms with Crippen LogP contribution in [0.1, 0.15) is 21.5 Å². The zero-order valence-electron chi connectivity index (χ0n) is 10.8. The van der Waals surface area contributed by atoms with Gasteiger partial charge in [0.25, 0.3) is 0 Å². The van der Waals surface area contributed by atoms with Crippen LogP contribution >= 0.6 is 27.5 Å². The van der Waals surface area contributed by atoms with Crippen molar-refractivity contribution in [3.05, 3.63) is 62.3 Å². The lowest BCUT2D eigenvalue weighted by Gasteiger charge is -2.10. The molecule has 20 heavy (non-hydrogen) atoms. The summed E-state index contributed by atoms with van der Waals surface area (Å²) in [5, 5.41) is -0.0824. The van der Waals surface area contributed by atoms with Gasteiger partial charge in [0.05, 0.1) is 17.7 Å². The first kappa shape index (κ1) is 15.0. The monoisotopic (exact) mass is 356 g/mol. The normalized spacial score (nSPS) is 10.4. The molecule has 5 heteroatoms. The first-order chi connectivity index (χ1) is 9.43. The minimum atomic E-state index is -0.555. The Morgan fingerprint density at radius 3 is 2.60 bits per heavy atom. The zero-order chi connectivity index (χ0) is 14.9. The minimum absolute atomic E-state index is 0.0824. The summed E-state index contributed by atoms with van der Waals surface area (Å²) in [4.78, 5) is 12.5. The van der Waals surface area contributed by atoms with E-state index in [9.17, 15) is 9.18 Å². The van der Waals surface area contributed by atoms with Gasteiger partial charge in [-0.3, -0.25) is 4.79 Å². The van der Waals surface area contributed by atoms with Gasteiger partial charge < -0.3 is 4.74 Å². The molecule has 0 aliphatic heterocycles. The lowest BCUT2D eigenvalue weighted by molar-refractivity contribution is 0.103. The van der Waals surface area contributed by atoms with Crippen molar-refractivity contribution in [1.29, 1.82) is 0 Å². The molecule has 0 aliphatic carbocycles. The van der Waals surface area contributed by atoms with Crippen molar-refractivity contribution in [2.75, 3.05) is 7.11 Å². The van der Waals surface area contributed by atoms with Gasteiger partial charge in [0.1, 0.15) is 11.6 Å². The average Bonchev–Trinajstić information content (AvgIpc) is 2.43. The van der Waals surface area contributed by atoms with Crippen LogP contribution in [0, 0.1) is 12.7 Å². The average molecular weight is 358 g/mol. The van der Waals surface area contributed by atoms with Crippen LogP contribution < -0.4 is 4.74 Å². The van der Waals surface area contributed by atoms with E-state index in [1.54, 1.807) is 12.1 Å². The number of halogens is 3. The molecule has 0 heterocycles. The Morgan fingerprint density at radius 1 is 1.30 bits per heavy atom. The molecule has 0 spiro atoms. The SMILES string of the molecule is COc1cc(C)c(Br)cc1C(=O)c1ccc(F)c(Cl)c1. The fourth-order valence-electron chi connectivity index (χ4n) is 1.79. The third-order valence-corrected chi connectivity index (χ3v) is 4.05. The fourth-order valence-corrected chi connectivity index (χ4v) is 2.32. The van der Waals surface area contributed by atoms with Gasteiger partial charge in [0.15, 0.2) is 5.78 Å². The lowest BCUT2D eigenvalue weighted by atomic mass is 10.0. The number of carbonyl (C=O) groups excluding carboxylic acids is 1. The van der Waals surface area contributed by atoms with Crippen molar-refractivity contribution in [2.45, 2.75) is 6.92 Å². The van der Waals surface area contributed by atoms with E-state index in [0.717, 1.165) is 10.0 Å². The highest BCUT2D eigenvalue weighted by Gasteiger charge is 2.17. The number of ether oxygens (including phenoxy) is 1. The van der Waals surface area contributed by atoms with Gasteiger partial charge in [-0.25, -0.2) is 4.39 Å². The zero-order valence-corrected chi connectivity index (χ0v) is 13.2. The predicted molar refractivity (Wildman–Crippen MR) is 80.3 cm³/mol. The molecular formula is C15H11BrClFO2. The molecule has 0 saturated heterocycles. The number of ketones is 1. The summed E-state index contributed by atoms with van der Waals surface area (Å²) in [7, 11) is 1.50. The van der Waals surface area contributed by atoms with Crippen LogP contribution in [0.25, 0.3) is 0 Å². The molecule has 0 saturated carbocycles. The second kappa shape index (κ2) is 5.94. The summed E-state index contributed by atoms with van der Waals surface area (Å²) < 4.78 is 19.2. The van der Waals surface area contributed by atoms with Crippen molar-refractivity contribution in [1.82, 2.24) is 0 Å². The van der Waals surface area contributed by atoms with Crippen LogP contribution in [0.3, 0.4) is 0 Å². The van der Waals surface area contributed by atoms with Gasteiger partial charge >= 0.3 is 0 Å². The molecule has 2 aromatic carbocycles. The fraction of sp³-hybridized carbons (Fsp3) is 0.133. The van der Waals surface area contributed by atoms with Crippen molar-refractivity contribution >= 4 is 33.3 Å².